The monoisotopic (exact) mass is 404 g/mol. The molecule has 1 heterocycles. The van der Waals surface area contributed by atoms with Crippen molar-refractivity contribution in [3.63, 3.8) is 0 Å². The van der Waals surface area contributed by atoms with Crippen molar-refractivity contribution in [2.75, 3.05) is 0 Å². The molecule has 6 nitrogen and oxygen atoms in total. The van der Waals surface area contributed by atoms with E-state index in [1.165, 1.54) is 16.5 Å². The van der Waals surface area contributed by atoms with Crippen molar-refractivity contribution < 1.29 is 19.1 Å². The Morgan fingerprint density at radius 1 is 1.00 bits per heavy atom. The van der Waals surface area contributed by atoms with Crippen molar-refractivity contribution in [2.45, 2.75) is 45.3 Å². The van der Waals surface area contributed by atoms with E-state index in [0.29, 0.717) is 17.9 Å². The number of hydrogen-bond donors (Lipinski definition) is 1. The van der Waals surface area contributed by atoms with Crippen LogP contribution in [0.25, 0.3) is 6.08 Å². The molecule has 1 saturated carbocycles. The summed E-state index contributed by atoms with van der Waals surface area (Å²) in [6.45, 7) is 2.50. The number of nitrogens with one attached hydrogen (secondary N) is 1. The third-order valence-electron chi connectivity index (χ3n) is 5.54. The lowest BCUT2D eigenvalue weighted by Crippen LogP contribution is -2.57. The van der Waals surface area contributed by atoms with Gasteiger partial charge in [0.15, 0.2) is 0 Å². The van der Waals surface area contributed by atoms with Gasteiger partial charge in [0.05, 0.1) is 0 Å². The van der Waals surface area contributed by atoms with Crippen LogP contribution < -0.4 is 10.1 Å². The molecule has 4 rings (SSSR count). The van der Waals surface area contributed by atoms with Gasteiger partial charge in [0.1, 0.15) is 17.9 Å². The van der Waals surface area contributed by atoms with Crippen LogP contribution in [-0.2, 0) is 16.2 Å². The minimum Gasteiger partial charge on any atom is -0.489 e. The van der Waals surface area contributed by atoms with Crippen molar-refractivity contribution in [1.29, 1.82) is 0 Å². The Morgan fingerprint density at radius 2 is 1.67 bits per heavy atom. The van der Waals surface area contributed by atoms with Crippen LogP contribution in [-0.4, -0.2) is 28.8 Å². The smallest absolute Gasteiger partial charge is 0.331 e. The van der Waals surface area contributed by atoms with Gasteiger partial charge in [-0.05, 0) is 49.1 Å². The Hall–Kier alpha value is -3.41. The standard InChI is InChI=1S/C24H24N2O4/c1-16-6-8-18(9-7-16)15-30-20-12-10-17(11-13-20)14-21-22(27)25-24(29)26(23(21)28)19-4-2-3-5-19/h6-14,19H,2-5,15H2,1H3,(H,25,27,29)/b21-14+. The SMILES string of the molecule is Cc1ccc(COc2ccc(/C=C3\C(=O)NC(=O)N(C4CCCC4)C3=O)cc2)cc1. The van der Waals surface area contributed by atoms with Crippen molar-refractivity contribution in [3.8, 4) is 5.75 Å². The number of ether oxygens (including phenoxy) is 1. The Morgan fingerprint density at radius 3 is 2.33 bits per heavy atom. The first kappa shape index (κ1) is 19.9. The Balaban J connectivity index is 1.46. The quantitative estimate of drug-likeness (QED) is 0.604. The summed E-state index contributed by atoms with van der Waals surface area (Å²) >= 11 is 0. The van der Waals surface area contributed by atoms with Crippen molar-refractivity contribution in [2.24, 2.45) is 0 Å². The average molecular weight is 404 g/mol. The van der Waals surface area contributed by atoms with Crippen molar-refractivity contribution >= 4 is 23.9 Å². The molecule has 1 aliphatic heterocycles. The third-order valence-corrected chi connectivity index (χ3v) is 5.54. The maximum absolute atomic E-state index is 12.8. The van der Waals surface area contributed by atoms with Crippen molar-refractivity contribution in [1.82, 2.24) is 10.2 Å². The molecule has 0 radical (unpaired) electrons. The predicted octanol–water partition coefficient (Wildman–Crippen LogP) is 3.98. The lowest BCUT2D eigenvalue weighted by molar-refractivity contribution is -0.131. The van der Waals surface area contributed by atoms with Crippen molar-refractivity contribution in [3.05, 3.63) is 70.8 Å². The van der Waals surface area contributed by atoms with E-state index < -0.39 is 17.8 Å². The maximum atomic E-state index is 12.8. The number of barbiturate groups is 1. The molecule has 1 N–H and O–H groups in total. The number of aryl methyl sites for hydroxylation is 1. The highest BCUT2D eigenvalue weighted by Crippen LogP contribution is 2.27. The minimum atomic E-state index is -0.654. The van der Waals surface area contributed by atoms with E-state index in [4.69, 9.17) is 4.74 Å². The molecular weight excluding hydrogens is 380 g/mol. The van der Waals surface area contributed by atoms with E-state index in [1.54, 1.807) is 24.3 Å². The maximum Gasteiger partial charge on any atom is 0.331 e. The predicted molar refractivity (Wildman–Crippen MR) is 113 cm³/mol. The highest BCUT2D eigenvalue weighted by Gasteiger charge is 2.40. The van der Waals surface area contributed by atoms with Crippen LogP contribution in [0.5, 0.6) is 5.75 Å². The van der Waals surface area contributed by atoms with Gasteiger partial charge in [-0.15, -0.1) is 0 Å². The molecule has 0 bridgehead atoms. The highest BCUT2D eigenvalue weighted by atomic mass is 16.5. The number of urea groups is 1. The average Bonchev–Trinajstić information content (AvgIpc) is 3.26. The normalized spacial score (nSPS) is 18.8. The van der Waals surface area contributed by atoms with Gasteiger partial charge >= 0.3 is 6.03 Å². The summed E-state index contributed by atoms with van der Waals surface area (Å²) in [6, 6.07) is 14.6. The number of carbonyl (C=O) groups is 3. The van der Waals surface area contributed by atoms with E-state index in [1.807, 2.05) is 31.2 Å². The number of rotatable bonds is 5. The minimum absolute atomic E-state index is 0.0187. The van der Waals surface area contributed by atoms with Gasteiger partial charge < -0.3 is 4.74 Å². The first-order chi connectivity index (χ1) is 14.5. The fourth-order valence-electron chi connectivity index (χ4n) is 3.84. The van der Waals surface area contributed by atoms with Crippen LogP contribution in [0, 0.1) is 6.92 Å². The largest absolute Gasteiger partial charge is 0.489 e. The zero-order chi connectivity index (χ0) is 21.1. The van der Waals surface area contributed by atoms with E-state index in [9.17, 15) is 14.4 Å². The van der Waals surface area contributed by atoms with E-state index in [2.05, 4.69) is 5.32 Å². The fraction of sp³-hybridized carbons (Fsp3) is 0.292. The Kier molecular flexibility index (Phi) is 5.65. The number of amides is 4. The van der Waals surface area contributed by atoms with E-state index in [0.717, 1.165) is 31.2 Å². The van der Waals surface area contributed by atoms with E-state index in [-0.39, 0.29) is 11.6 Å². The van der Waals surface area contributed by atoms with Gasteiger partial charge in [-0.3, -0.25) is 19.8 Å². The first-order valence-corrected chi connectivity index (χ1v) is 10.2. The molecule has 4 amide bonds. The molecular formula is C24H24N2O4. The number of carbonyl (C=O) groups excluding carboxylic acids is 3. The summed E-state index contributed by atoms with van der Waals surface area (Å²) in [5.41, 5.74) is 2.95. The van der Waals surface area contributed by atoms with Gasteiger partial charge in [0, 0.05) is 6.04 Å². The molecule has 0 unspecified atom stereocenters. The molecule has 0 atom stereocenters. The van der Waals surface area contributed by atoms with Gasteiger partial charge in [-0.25, -0.2) is 4.79 Å². The summed E-state index contributed by atoms with van der Waals surface area (Å²) in [5.74, 6) is -0.478. The summed E-state index contributed by atoms with van der Waals surface area (Å²) in [4.78, 5) is 38.5. The number of nitrogens with zero attached hydrogens (tertiary/aromatic N) is 1. The highest BCUT2D eigenvalue weighted by molar-refractivity contribution is 6.31. The Bertz CT molecular complexity index is 987. The van der Waals surface area contributed by atoms with Crippen LogP contribution in [0.15, 0.2) is 54.1 Å². The van der Waals surface area contributed by atoms with Gasteiger partial charge in [-0.1, -0.05) is 54.8 Å². The van der Waals surface area contributed by atoms with Crippen LogP contribution in [0.3, 0.4) is 0 Å². The molecule has 1 saturated heterocycles. The molecule has 2 fully saturated rings. The fourth-order valence-corrected chi connectivity index (χ4v) is 3.84. The molecule has 6 heteroatoms. The Labute approximate surface area is 175 Å². The molecule has 2 aliphatic rings. The molecule has 0 aromatic heterocycles. The lowest BCUT2D eigenvalue weighted by Gasteiger charge is -2.31. The molecule has 1 aliphatic carbocycles. The summed E-state index contributed by atoms with van der Waals surface area (Å²) in [5, 5.41) is 2.30. The second-order valence-corrected chi connectivity index (χ2v) is 7.77. The van der Waals surface area contributed by atoms with Crippen LogP contribution >= 0.6 is 0 Å². The second kappa shape index (κ2) is 8.53. The molecule has 2 aromatic rings. The first-order valence-electron chi connectivity index (χ1n) is 10.2. The third kappa shape index (κ3) is 4.27. The number of benzene rings is 2. The van der Waals surface area contributed by atoms with Gasteiger partial charge in [0.25, 0.3) is 11.8 Å². The molecule has 0 spiro atoms. The van der Waals surface area contributed by atoms with Gasteiger partial charge in [-0.2, -0.15) is 0 Å². The summed E-state index contributed by atoms with van der Waals surface area (Å²) in [6.07, 6.45) is 5.06. The second-order valence-electron chi connectivity index (χ2n) is 7.77. The number of hydrogen-bond acceptors (Lipinski definition) is 4. The molecule has 2 aromatic carbocycles. The van der Waals surface area contributed by atoms with Crippen LogP contribution in [0.4, 0.5) is 4.79 Å². The summed E-state index contributed by atoms with van der Waals surface area (Å²) < 4.78 is 5.80. The van der Waals surface area contributed by atoms with Crippen LogP contribution in [0.1, 0.15) is 42.4 Å². The summed E-state index contributed by atoms with van der Waals surface area (Å²) in [7, 11) is 0. The van der Waals surface area contributed by atoms with E-state index >= 15 is 0 Å². The zero-order valence-corrected chi connectivity index (χ0v) is 16.9. The molecule has 30 heavy (non-hydrogen) atoms. The lowest BCUT2D eigenvalue weighted by atomic mass is 10.1. The van der Waals surface area contributed by atoms with Crippen LogP contribution in [0.2, 0.25) is 0 Å². The number of imide groups is 2. The molecule has 154 valence electrons. The zero-order valence-electron chi connectivity index (χ0n) is 16.9. The topological polar surface area (TPSA) is 75.7 Å². The van der Waals surface area contributed by atoms with Gasteiger partial charge in [0.2, 0.25) is 0 Å².